The number of rotatable bonds is 3. The quantitative estimate of drug-likeness (QED) is 0.729. The van der Waals surface area contributed by atoms with Crippen molar-refractivity contribution in [2.45, 2.75) is 19.9 Å². The lowest BCUT2D eigenvalue weighted by Gasteiger charge is -2.05. The van der Waals surface area contributed by atoms with E-state index in [-0.39, 0.29) is 5.56 Å². The van der Waals surface area contributed by atoms with Crippen LogP contribution in [-0.2, 0) is 13.0 Å². The van der Waals surface area contributed by atoms with Crippen molar-refractivity contribution in [2.75, 3.05) is 0 Å². The van der Waals surface area contributed by atoms with Gasteiger partial charge in [0.2, 0.25) is 0 Å². The maximum atomic E-state index is 12.4. The number of thiazole rings is 1. The second kappa shape index (κ2) is 5.46. The van der Waals surface area contributed by atoms with Crippen LogP contribution in [0.25, 0.3) is 10.9 Å². The third kappa shape index (κ3) is 2.53. The highest BCUT2D eigenvalue weighted by atomic mass is 79.9. The van der Waals surface area contributed by atoms with Crippen LogP contribution in [0.15, 0.2) is 39.2 Å². The number of benzene rings is 1. The molecule has 0 aliphatic rings. The van der Waals surface area contributed by atoms with E-state index in [4.69, 9.17) is 0 Å². The molecular formula is C14H12BrN3OS. The van der Waals surface area contributed by atoms with E-state index in [9.17, 15) is 4.79 Å². The first-order valence-electron chi connectivity index (χ1n) is 6.25. The fraction of sp³-hybridized carbons (Fsp3) is 0.214. The van der Waals surface area contributed by atoms with Gasteiger partial charge in [-0.1, -0.05) is 22.9 Å². The molecule has 1 aromatic carbocycles. The second-order valence-corrected chi connectivity index (χ2v) is 6.28. The molecule has 0 bridgehead atoms. The number of aromatic nitrogens is 3. The standard InChI is InChI=1S/C14H12BrN3OS/c1-2-13-17-10(7-20-13)6-18-8-16-12-4-3-9(15)5-11(12)14(18)19/h3-5,7-8H,2,6H2,1H3. The van der Waals surface area contributed by atoms with Crippen molar-refractivity contribution < 1.29 is 0 Å². The van der Waals surface area contributed by atoms with Gasteiger partial charge in [-0.15, -0.1) is 11.3 Å². The third-order valence-corrected chi connectivity index (χ3v) is 4.56. The van der Waals surface area contributed by atoms with Gasteiger partial charge in [-0.3, -0.25) is 9.36 Å². The molecule has 0 unspecified atom stereocenters. The molecule has 20 heavy (non-hydrogen) atoms. The smallest absolute Gasteiger partial charge is 0.261 e. The molecule has 6 heteroatoms. The van der Waals surface area contributed by atoms with Crippen molar-refractivity contribution in [3.63, 3.8) is 0 Å². The van der Waals surface area contributed by atoms with Crippen LogP contribution in [0, 0.1) is 0 Å². The van der Waals surface area contributed by atoms with E-state index in [1.165, 1.54) is 0 Å². The largest absolute Gasteiger partial charge is 0.293 e. The average molecular weight is 350 g/mol. The zero-order valence-corrected chi connectivity index (χ0v) is 13.2. The van der Waals surface area contributed by atoms with Crippen LogP contribution in [0.2, 0.25) is 0 Å². The van der Waals surface area contributed by atoms with Crippen LogP contribution >= 0.6 is 27.3 Å². The van der Waals surface area contributed by atoms with E-state index in [1.807, 2.05) is 17.5 Å². The first kappa shape index (κ1) is 13.5. The van der Waals surface area contributed by atoms with Crippen molar-refractivity contribution in [3.05, 3.63) is 55.4 Å². The topological polar surface area (TPSA) is 47.8 Å². The first-order chi connectivity index (χ1) is 9.67. The number of hydrogen-bond acceptors (Lipinski definition) is 4. The zero-order valence-electron chi connectivity index (χ0n) is 10.8. The Hall–Kier alpha value is -1.53. The summed E-state index contributed by atoms with van der Waals surface area (Å²) in [7, 11) is 0. The molecule has 102 valence electrons. The molecule has 0 N–H and O–H groups in total. The Bertz CT molecular complexity index is 825. The Balaban J connectivity index is 2.03. The second-order valence-electron chi connectivity index (χ2n) is 4.43. The highest BCUT2D eigenvalue weighted by Crippen LogP contribution is 2.15. The molecule has 3 rings (SSSR count). The summed E-state index contributed by atoms with van der Waals surface area (Å²) >= 11 is 5.01. The van der Waals surface area contributed by atoms with Crippen molar-refractivity contribution in [2.24, 2.45) is 0 Å². The Morgan fingerprint density at radius 2 is 2.25 bits per heavy atom. The Morgan fingerprint density at radius 1 is 1.40 bits per heavy atom. The summed E-state index contributed by atoms with van der Waals surface area (Å²) in [5, 5.41) is 3.70. The van der Waals surface area contributed by atoms with Crippen LogP contribution in [0.4, 0.5) is 0 Å². The molecule has 0 radical (unpaired) electrons. The van der Waals surface area contributed by atoms with E-state index in [1.54, 1.807) is 28.3 Å². The van der Waals surface area contributed by atoms with Gasteiger partial charge < -0.3 is 0 Å². The van der Waals surface area contributed by atoms with Crippen LogP contribution < -0.4 is 5.56 Å². The maximum Gasteiger partial charge on any atom is 0.261 e. The predicted molar refractivity (Wildman–Crippen MR) is 84.3 cm³/mol. The third-order valence-electron chi connectivity index (χ3n) is 3.02. The minimum atomic E-state index is -0.0395. The molecular weight excluding hydrogens is 338 g/mol. The lowest BCUT2D eigenvalue weighted by Crippen LogP contribution is -2.21. The van der Waals surface area contributed by atoms with Gasteiger partial charge in [-0.25, -0.2) is 9.97 Å². The summed E-state index contributed by atoms with van der Waals surface area (Å²) in [6.45, 7) is 2.54. The van der Waals surface area contributed by atoms with Gasteiger partial charge in [0.25, 0.3) is 5.56 Å². The summed E-state index contributed by atoms with van der Waals surface area (Å²) < 4.78 is 2.48. The number of nitrogens with zero attached hydrogens (tertiary/aromatic N) is 3. The highest BCUT2D eigenvalue weighted by Gasteiger charge is 2.07. The summed E-state index contributed by atoms with van der Waals surface area (Å²) in [6, 6.07) is 5.52. The van der Waals surface area contributed by atoms with Crippen LogP contribution in [-0.4, -0.2) is 14.5 Å². The molecule has 0 saturated heterocycles. The van der Waals surface area contributed by atoms with Gasteiger partial charge >= 0.3 is 0 Å². The van der Waals surface area contributed by atoms with E-state index in [2.05, 4.69) is 32.8 Å². The first-order valence-corrected chi connectivity index (χ1v) is 7.92. The minimum absolute atomic E-state index is 0.0395. The Labute approximate surface area is 128 Å². The summed E-state index contributed by atoms with van der Waals surface area (Å²) in [6.07, 6.45) is 2.51. The van der Waals surface area contributed by atoms with Gasteiger partial charge in [0.15, 0.2) is 0 Å². The molecule has 4 nitrogen and oxygen atoms in total. The van der Waals surface area contributed by atoms with Crippen LogP contribution in [0.1, 0.15) is 17.6 Å². The molecule has 0 aliphatic heterocycles. The molecule has 3 aromatic rings. The molecule has 0 amide bonds. The Morgan fingerprint density at radius 3 is 3.00 bits per heavy atom. The molecule has 0 fully saturated rings. The van der Waals surface area contributed by atoms with Crippen LogP contribution in [0.3, 0.4) is 0 Å². The summed E-state index contributed by atoms with van der Waals surface area (Å²) in [5.74, 6) is 0. The SMILES string of the molecule is CCc1nc(Cn2cnc3ccc(Br)cc3c2=O)cs1. The molecule has 0 atom stereocenters. The number of fused-ring (bicyclic) bond motifs is 1. The fourth-order valence-corrected chi connectivity index (χ4v) is 3.10. The van der Waals surface area contributed by atoms with Crippen LogP contribution in [0.5, 0.6) is 0 Å². The lowest BCUT2D eigenvalue weighted by atomic mass is 10.2. The molecule has 2 heterocycles. The van der Waals surface area contributed by atoms with Crippen molar-refractivity contribution in [1.82, 2.24) is 14.5 Å². The molecule has 0 spiro atoms. The van der Waals surface area contributed by atoms with Gasteiger partial charge in [0.05, 0.1) is 34.5 Å². The van der Waals surface area contributed by atoms with Crippen molar-refractivity contribution >= 4 is 38.2 Å². The lowest BCUT2D eigenvalue weighted by molar-refractivity contribution is 0.731. The summed E-state index contributed by atoms with van der Waals surface area (Å²) in [5.41, 5.74) is 1.58. The Kier molecular flexibility index (Phi) is 3.67. The predicted octanol–water partition coefficient (Wildman–Crippen LogP) is 3.23. The van der Waals surface area contributed by atoms with E-state index in [0.29, 0.717) is 17.4 Å². The van der Waals surface area contributed by atoms with Crippen molar-refractivity contribution in [3.8, 4) is 0 Å². The van der Waals surface area contributed by atoms with Gasteiger partial charge in [-0.2, -0.15) is 0 Å². The van der Waals surface area contributed by atoms with E-state index < -0.39 is 0 Å². The molecule has 2 aromatic heterocycles. The fourth-order valence-electron chi connectivity index (χ4n) is 2.00. The van der Waals surface area contributed by atoms with E-state index >= 15 is 0 Å². The average Bonchev–Trinajstić information content (AvgIpc) is 2.90. The van der Waals surface area contributed by atoms with Gasteiger partial charge in [0, 0.05) is 9.85 Å². The minimum Gasteiger partial charge on any atom is -0.293 e. The number of aryl methyl sites for hydroxylation is 1. The number of hydrogen-bond donors (Lipinski definition) is 0. The normalized spacial score (nSPS) is 11.1. The zero-order chi connectivity index (χ0) is 14.1. The molecule has 0 saturated carbocycles. The van der Waals surface area contributed by atoms with E-state index in [0.717, 1.165) is 21.6 Å². The highest BCUT2D eigenvalue weighted by molar-refractivity contribution is 9.10. The summed E-state index contributed by atoms with van der Waals surface area (Å²) in [4.78, 5) is 21.2. The van der Waals surface area contributed by atoms with Crippen molar-refractivity contribution in [1.29, 1.82) is 0 Å². The number of halogens is 1. The van der Waals surface area contributed by atoms with Gasteiger partial charge in [0.1, 0.15) is 0 Å². The monoisotopic (exact) mass is 349 g/mol. The van der Waals surface area contributed by atoms with Gasteiger partial charge in [-0.05, 0) is 24.6 Å². The maximum absolute atomic E-state index is 12.4. The molecule has 0 aliphatic carbocycles.